The number of aromatic nitrogens is 1. The molecule has 2 aromatic rings. The van der Waals surface area contributed by atoms with Crippen molar-refractivity contribution in [3.05, 3.63) is 57.8 Å². The summed E-state index contributed by atoms with van der Waals surface area (Å²) in [5, 5.41) is 3.08. The number of nitrogens with one attached hydrogen (secondary N) is 1. The summed E-state index contributed by atoms with van der Waals surface area (Å²) in [6, 6.07) is 9.54. The van der Waals surface area contributed by atoms with E-state index >= 15 is 0 Å². The molecule has 1 unspecified atom stereocenters. The number of amides is 1. The molecule has 0 aliphatic heterocycles. The van der Waals surface area contributed by atoms with Crippen molar-refractivity contribution in [2.45, 2.75) is 25.3 Å². The number of carbonyl (C=O) groups excluding carboxylic acids is 1. The Labute approximate surface area is 144 Å². The van der Waals surface area contributed by atoms with Crippen molar-refractivity contribution in [1.82, 2.24) is 10.3 Å². The number of rotatable bonds is 2. The lowest BCUT2D eigenvalue weighted by Crippen LogP contribution is -2.31. The lowest BCUT2D eigenvalue weighted by molar-refractivity contribution is 0.0927. The number of nitrogen functional groups attached to an aromatic ring is 1. The molecular weight excluding hydrogens is 366 g/mol. The molecular formula is C16H17BrClN3O. The van der Waals surface area contributed by atoms with Gasteiger partial charge >= 0.3 is 0 Å². The normalized spacial score (nSPS) is 16.3. The van der Waals surface area contributed by atoms with E-state index in [9.17, 15) is 4.79 Å². The molecule has 0 bridgehead atoms. The van der Waals surface area contributed by atoms with Crippen molar-refractivity contribution in [1.29, 1.82) is 0 Å². The zero-order valence-electron chi connectivity index (χ0n) is 11.9. The highest BCUT2D eigenvalue weighted by molar-refractivity contribution is 9.10. The summed E-state index contributed by atoms with van der Waals surface area (Å²) in [5.74, 6) is -0.155. The maximum Gasteiger partial charge on any atom is 0.271 e. The van der Waals surface area contributed by atoms with E-state index in [-0.39, 0.29) is 24.4 Å². The van der Waals surface area contributed by atoms with Gasteiger partial charge in [0.15, 0.2) is 0 Å². The summed E-state index contributed by atoms with van der Waals surface area (Å²) in [6.07, 6.45) is 4.62. The van der Waals surface area contributed by atoms with Crippen LogP contribution >= 0.6 is 28.3 Å². The number of halogens is 2. The minimum atomic E-state index is -0.155. The van der Waals surface area contributed by atoms with Crippen LogP contribution in [0.25, 0.3) is 0 Å². The number of carbonyl (C=O) groups is 1. The van der Waals surface area contributed by atoms with Crippen molar-refractivity contribution in [2.75, 3.05) is 5.73 Å². The van der Waals surface area contributed by atoms with Gasteiger partial charge in [-0.1, -0.05) is 6.07 Å². The lowest BCUT2D eigenvalue weighted by atomic mass is 9.87. The van der Waals surface area contributed by atoms with E-state index in [0.717, 1.165) is 30.5 Å². The zero-order valence-corrected chi connectivity index (χ0v) is 14.3. The number of nitrogens with zero attached hydrogens (tertiary/aromatic N) is 1. The molecule has 0 spiro atoms. The zero-order chi connectivity index (χ0) is 14.8. The molecule has 0 saturated heterocycles. The molecule has 1 atom stereocenters. The lowest BCUT2D eigenvalue weighted by Gasteiger charge is -2.26. The van der Waals surface area contributed by atoms with Crippen LogP contribution < -0.4 is 11.1 Å². The highest BCUT2D eigenvalue weighted by Crippen LogP contribution is 2.31. The maximum absolute atomic E-state index is 12.4. The first kappa shape index (κ1) is 16.8. The van der Waals surface area contributed by atoms with Crippen LogP contribution in [0.1, 0.15) is 40.5 Å². The monoisotopic (exact) mass is 381 g/mol. The summed E-state index contributed by atoms with van der Waals surface area (Å²) in [5.41, 5.74) is 9.42. The number of pyridine rings is 1. The molecule has 0 fully saturated rings. The summed E-state index contributed by atoms with van der Waals surface area (Å²) in [4.78, 5) is 16.5. The number of anilines is 1. The first-order chi connectivity index (χ1) is 10.1. The minimum Gasteiger partial charge on any atom is -0.399 e. The summed E-state index contributed by atoms with van der Waals surface area (Å²) >= 11 is 3.36. The van der Waals surface area contributed by atoms with Crippen molar-refractivity contribution in [3.8, 4) is 0 Å². The van der Waals surface area contributed by atoms with Crippen molar-refractivity contribution in [2.24, 2.45) is 0 Å². The van der Waals surface area contributed by atoms with E-state index in [1.165, 1.54) is 5.56 Å². The molecule has 0 radical (unpaired) electrons. The molecule has 0 saturated carbocycles. The van der Waals surface area contributed by atoms with Gasteiger partial charge in [-0.25, -0.2) is 4.98 Å². The van der Waals surface area contributed by atoms with E-state index in [0.29, 0.717) is 10.2 Å². The fourth-order valence-corrected chi connectivity index (χ4v) is 3.20. The van der Waals surface area contributed by atoms with Gasteiger partial charge in [-0.2, -0.15) is 0 Å². The number of aryl methyl sites for hydroxylation is 1. The van der Waals surface area contributed by atoms with Crippen LogP contribution in [0.4, 0.5) is 5.69 Å². The Morgan fingerprint density at radius 3 is 2.95 bits per heavy atom. The Bertz CT molecular complexity index is 693. The maximum atomic E-state index is 12.4. The van der Waals surface area contributed by atoms with Crippen molar-refractivity contribution >= 4 is 39.9 Å². The number of hydrogen-bond acceptors (Lipinski definition) is 3. The molecule has 22 heavy (non-hydrogen) atoms. The van der Waals surface area contributed by atoms with Crippen LogP contribution in [-0.4, -0.2) is 10.9 Å². The molecule has 116 valence electrons. The predicted octanol–water partition coefficient (Wildman–Crippen LogP) is 3.66. The Hall–Kier alpha value is -1.59. The van der Waals surface area contributed by atoms with Gasteiger partial charge in [0, 0.05) is 16.4 Å². The quantitative estimate of drug-likeness (QED) is 0.779. The fourth-order valence-electron chi connectivity index (χ4n) is 2.76. The van der Waals surface area contributed by atoms with E-state index in [1.54, 1.807) is 12.3 Å². The molecule has 6 heteroatoms. The molecule has 1 aliphatic rings. The van der Waals surface area contributed by atoms with Crippen molar-refractivity contribution in [3.63, 3.8) is 0 Å². The molecule has 1 heterocycles. The number of fused-ring (bicyclic) bond motifs is 1. The average Bonchev–Trinajstić information content (AvgIpc) is 2.47. The Kier molecular flexibility index (Phi) is 5.42. The second-order valence-electron chi connectivity index (χ2n) is 5.21. The first-order valence-electron chi connectivity index (χ1n) is 6.95. The Morgan fingerprint density at radius 2 is 2.18 bits per heavy atom. The van der Waals surface area contributed by atoms with Gasteiger partial charge in [-0.05, 0) is 70.6 Å². The van der Waals surface area contributed by atoms with Crippen molar-refractivity contribution < 1.29 is 4.79 Å². The second kappa shape index (κ2) is 7.11. The van der Waals surface area contributed by atoms with Gasteiger partial charge in [0.25, 0.3) is 5.91 Å². The van der Waals surface area contributed by atoms with Gasteiger partial charge in [-0.3, -0.25) is 4.79 Å². The SMILES string of the molecule is Cl.Nc1ccc2c(c1)CCCC2NC(=O)c1ncccc1Br. The molecule has 1 aromatic heterocycles. The molecule has 4 nitrogen and oxygen atoms in total. The number of nitrogens with two attached hydrogens (primary N) is 1. The van der Waals surface area contributed by atoms with Gasteiger partial charge in [0.2, 0.25) is 0 Å². The summed E-state index contributed by atoms with van der Waals surface area (Å²) in [6.45, 7) is 0. The molecule has 3 rings (SSSR count). The van der Waals surface area contributed by atoms with Gasteiger partial charge in [-0.15, -0.1) is 12.4 Å². The molecule has 3 N–H and O–H groups in total. The Morgan fingerprint density at radius 1 is 1.36 bits per heavy atom. The first-order valence-corrected chi connectivity index (χ1v) is 7.74. The second-order valence-corrected chi connectivity index (χ2v) is 6.06. The summed E-state index contributed by atoms with van der Waals surface area (Å²) in [7, 11) is 0. The predicted molar refractivity (Wildman–Crippen MR) is 93.2 cm³/mol. The molecule has 1 aliphatic carbocycles. The average molecular weight is 383 g/mol. The van der Waals surface area contributed by atoms with Crippen LogP contribution in [0.5, 0.6) is 0 Å². The third kappa shape index (κ3) is 3.42. The smallest absolute Gasteiger partial charge is 0.271 e. The van der Waals surface area contributed by atoms with Crippen LogP contribution in [0.15, 0.2) is 41.0 Å². The van der Waals surface area contributed by atoms with Crippen LogP contribution in [0.2, 0.25) is 0 Å². The van der Waals surface area contributed by atoms with E-state index in [1.807, 2.05) is 24.3 Å². The third-order valence-corrected chi connectivity index (χ3v) is 4.40. The summed E-state index contributed by atoms with van der Waals surface area (Å²) < 4.78 is 0.704. The van der Waals surface area contributed by atoms with Gasteiger partial charge in [0.05, 0.1) is 6.04 Å². The molecule has 1 aromatic carbocycles. The van der Waals surface area contributed by atoms with Gasteiger partial charge in [0.1, 0.15) is 5.69 Å². The van der Waals surface area contributed by atoms with Crippen LogP contribution in [0, 0.1) is 0 Å². The third-order valence-electron chi connectivity index (χ3n) is 3.76. The Balaban J connectivity index is 0.00000176. The minimum absolute atomic E-state index is 0. The van der Waals surface area contributed by atoms with Crippen LogP contribution in [-0.2, 0) is 6.42 Å². The highest BCUT2D eigenvalue weighted by atomic mass is 79.9. The number of hydrogen-bond donors (Lipinski definition) is 2. The molecule has 1 amide bonds. The van der Waals surface area contributed by atoms with E-state index in [2.05, 4.69) is 26.2 Å². The topological polar surface area (TPSA) is 68.0 Å². The standard InChI is InChI=1S/C16H16BrN3O.ClH/c17-13-4-2-8-19-15(13)16(21)20-14-5-1-3-10-9-11(18)6-7-12(10)14;/h2,4,6-9,14H,1,3,5,18H2,(H,20,21);1H. The van der Waals surface area contributed by atoms with Gasteiger partial charge < -0.3 is 11.1 Å². The highest BCUT2D eigenvalue weighted by Gasteiger charge is 2.23. The van der Waals surface area contributed by atoms with Crippen LogP contribution in [0.3, 0.4) is 0 Å². The largest absolute Gasteiger partial charge is 0.399 e. The number of benzene rings is 1. The van der Waals surface area contributed by atoms with E-state index < -0.39 is 0 Å². The van der Waals surface area contributed by atoms with E-state index in [4.69, 9.17) is 5.73 Å². The fraction of sp³-hybridized carbons (Fsp3) is 0.250.